The van der Waals surface area contributed by atoms with E-state index in [2.05, 4.69) is 10.6 Å². The van der Waals surface area contributed by atoms with Gasteiger partial charge in [-0.2, -0.15) is 0 Å². The van der Waals surface area contributed by atoms with Crippen LogP contribution < -0.4 is 10.6 Å². The molecule has 6 heteroatoms. The fraction of sp³-hybridized carbons (Fsp3) is 0.250. The molecule has 5 nitrogen and oxygen atoms in total. The molecule has 0 aliphatic heterocycles. The average molecular weight is 318 g/mol. The highest BCUT2D eigenvalue weighted by Crippen LogP contribution is 2.13. The van der Waals surface area contributed by atoms with E-state index in [0.29, 0.717) is 11.3 Å². The first-order valence-electron chi connectivity index (χ1n) is 6.93. The number of carbonyl (C=O) groups is 2. The van der Waals surface area contributed by atoms with Crippen LogP contribution >= 0.6 is 11.3 Å². The summed E-state index contributed by atoms with van der Waals surface area (Å²) in [6.07, 6.45) is 0.792. The van der Waals surface area contributed by atoms with Crippen LogP contribution in [0.4, 0.5) is 5.69 Å². The Hall–Kier alpha value is -2.34. The van der Waals surface area contributed by atoms with Crippen molar-refractivity contribution in [3.63, 3.8) is 0 Å². The Morgan fingerprint density at radius 1 is 1.27 bits per heavy atom. The van der Waals surface area contributed by atoms with E-state index in [9.17, 15) is 9.59 Å². The quantitative estimate of drug-likeness (QED) is 0.733. The van der Waals surface area contributed by atoms with Crippen molar-refractivity contribution < 1.29 is 14.7 Å². The van der Waals surface area contributed by atoms with E-state index in [4.69, 9.17) is 5.11 Å². The number of carboxylic acid groups (broad SMARTS) is 1. The molecular formula is C16H18N2O3S. The minimum Gasteiger partial charge on any atom is -0.480 e. The third kappa shape index (κ3) is 4.89. The largest absolute Gasteiger partial charge is 0.480 e. The topological polar surface area (TPSA) is 78.4 Å². The zero-order valence-corrected chi connectivity index (χ0v) is 13.0. The third-order valence-electron chi connectivity index (χ3n) is 3.03. The van der Waals surface area contributed by atoms with Crippen molar-refractivity contribution >= 4 is 28.9 Å². The lowest BCUT2D eigenvalue weighted by molar-refractivity contribution is -0.134. The monoisotopic (exact) mass is 318 g/mol. The van der Waals surface area contributed by atoms with E-state index >= 15 is 0 Å². The van der Waals surface area contributed by atoms with E-state index in [1.165, 1.54) is 4.88 Å². The molecule has 1 aromatic heterocycles. The number of hydrogen-bond acceptors (Lipinski definition) is 4. The van der Waals surface area contributed by atoms with Crippen molar-refractivity contribution in [3.05, 3.63) is 52.2 Å². The van der Waals surface area contributed by atoms with Gasteiger partial charge >= 0.3 is 5.97 Å². The molecule has 0 radical (unpaired) electrons. The van der Waals surface area contributed by atoms with Gasteiger partial charge in [0.15, 0.2) is 0 Å². The summed E-state index contributed by atoms with van der Waals surface area (Å²) in [6.45, 7) is 1.78. The van der Waals surface area contributed by atoms with E-state index < -0.39 is 5.97 Å². The number of aliphatic carboxylic acids is 1. The maximum Gasteiger partial charge on any atom is 0.322 e. The van der Waals surface area contributed by atoms with E-state index in [1.54, 1.807) is 35.6 Å². The van der Waals surface area contributed by atoms with Crippen LogP contribution in [-0.2, 0) is 11.2 Å². The molecule has 0 bridgehead atoms. The fourth-order valence-electron chi connectivity index (χ4n) is 2.04. The van der Waals surface area contributed by atoms with Crippen molar-refractivity contribution in [2.24, 2.45) is 0 Å². The van der Waals surface area contributed by atoms with E-state index in [0.717, 1.165) is 6.42 Å². The Kier molecular flexibility index (Phi) is 5.55. The molecule has 1 amide bonds. The van der Waals surface area contributed by atoms with Gasteiger partial charge in [0.2, 0.25) is 0 Å². The number of anilines is 1. The first-order chi connectivity index (χ1) is 10.5. The molecule has 1 heterocycles. The number of hydrogen-bond donors (Lipinski definition) is 3. The first kappa shape index (κ1) is 16.0. The number of benzene rings is 1. The van der Waals surface area contributed by atoms with Crippen LogP contribution in [-0.4, -0.2) is 29.6 Å². The lowest BCUT2D eigenvalue weighted by atomic mass is 10.1. The van der Waals surface area contributed by atoms with Crippen LogP contribution in [0.15, 0.2) is 41.8 Å². The van der Waals surface area contributed by atoms with Gasteiger partial charge < -0.3 is 15.7 Å². The maximum atomic E-state index is 12.2. The number of carboxylic acids is 1. The average Bonchev–Trinajstić information content (AvgIpc) is 2.98. The van der Waals surface area contributed by atoms with Crippen LogP contribution in [0.2, 0.25) is 0 Å². The molecule has 0 spiro atoms. The Balaban J connectivity index is 1.94. The summed E-state index contributed by atoms with van der Waals surface area (Å²) in [5.74, 6) is -1.11. The molecular weight excluding hydrogens is 300 g/mol. The maximum absolute atomic E-state index is 12.2. The number of rotatable bonds is 7. The van der Waals surface area contributed by atoms with E-state index in [-0.39, 0.29) is 18.5 Å². The lowest BCUT2D eigenvalue weighted by Gasteiger charge is -2.13. The summed E-state index contributed by atoms with van der Waals surface area (Å²) in [6, 6.07) is 10.9. The minimum atomic E-state index is -0.945. The molecule has 0 saturated carbocycles. The van der Waals surface area contributed by atoms with Crippen LogP contribution in [0.3, 0.4) is 0 Å². The zero-order chi connectivity index (χ0) is 15.9. The normalized spacial score (nSPS) is 11.7. The fourth-order valence-corrected chi connectivity index (χ4v) is 2.87. The van der Waals surface area contributed by atoms with Crippen LogP contribution in [0, 0.1) is 0 Å². The summed E-state index contributed by atoms with van der Waals surface area (Å²) in [5, 5.41) is 16.4. The number of thiophene rings is 1. The molecule has 2 aromatic rings. The van der Waals surface area contributed by atoms with Gasteiger partial charge in [0, 0.05) is 28.6 Å². The van der Waals surface area contributed by atoms with Gasteiger partial charge in [-0.05, 0) is 36.6 Å². The van der Waals surface area contributed by atoms with Crippen molar-refractivity contribution in [2.45, 2.75) is 19.4 Å². The predicted octanol–water partition coefficient (Wildman–Crippen LogP) is 2.61. The van der Waals surface area contributed by atoms with Gasteiger partial charge in [-0.1, -0.05) is 12.1 Å². The predicted molar refractivity (Wildman–Crippen MR) is 87.5 cm³/mol. The summed E-state index contributed by atoms with van der Waals surface area (Å²) >= 11 is 1.67. The Morgan fingerprint density at radius 2 is 2.09 bits per heavy atom. The van der Waals surface area contributed by atoms with Gasteiger partial charge in [-0.3, -0.25) is 9.59 Å². The third-order valence-corrected chi connectivity index (χ3v) is 3.93. The van der Waals surface area contributed by atoms with Gasteiger partial charge in [-0.25, -0.2) is 0 Å². The molecule has 0 aliphatic carbocycles. The molecule has 2 rings (SSSR count). The number of carbonyl (C=O) groups excluding carboxylic acids is 1. The molecule has 1 aromatic carbocycles. The molecule has 3 N–H and O–H groups in total. The van der Waals surface area contributed by atoms with Crippen molar-refractivity contribution in [3.8, 4) is 0 Å². The number of amides is 1. The zero-order valence-electron chi connectivity index (χ0n) is 12.2. The Bertz CT molecular complexity index is 641. The lowest BCUT2D eigenvalue weighted by Crippen LogP contribution is -2.33. The molecule has 1 unspecified atom stereocenters. The minimum absolute atomic E-state index is 0.0294. The first-order valence-corrected chi connectivity index (χ1v) is 7.81. The Labute approximate surface area is 133 Å². The summed E-state index contributed by atoms with van der Waals surface area (Å²) in [5.41, 5.74) is 1.12. The SMILES string of the molecule is CC(Cc1cccs1)NC(=O)c1cccc(NCC(=O)O)c1. The number of nitrogens with one attached hydrogen (secondary N) is 2. The highest BCUT2D eigenvalue weighted by molar-refractivity contribution is 7.09. The van der Waals surface area contributed by atoms with Gasteiger partial charge in [0.05, 0.1) is 0 Å². The van der Waals surface area contributed by atoms with Crippen molar-refractivity contribution in [2.75, 3.05) is 11.9 Å². The summed E-state index contributed by atoms with van der Waals surface area (Å²) in [7, 11) is 0. The van der Waals surface area contributed by atoms with E-state index in [1.807, 2.05) is 24.4 Å². The molecule has 116 valence electrons. The van der Waals surface area contributed by atoms with Gasteiger partial charge in [0.25, 0.3) is 5.91 Å². The second-order valence-corrected chi connectivity index (χ2v) is 6.02. The van der Waals surface area contributed by atoms with Gasteiger partial charge in [0.1, 0.15) is 6.54 Å². The van der Waals surface area contributed by atoms with Crippen molar-refractivity contribution in [1.82, 2.24) is 5.32 Å². The standard InChI is InChI=1S/C16H18N2O3S/c1-11(8-14-6-3-7-22-14)18-16(21)12-4-2-5-13(9-12)17-10-15(19)20/h2-7,9,11,17H,8,10H2,1H3,(H,18,21)(H,19,20). The van der Waals surface area contributed by atoms with Crippen LogP contribution in [0.1, 0.15) is 22.2 Å². The smallest absolute Gasteiger partial charge is 0.322 e. The molecule has 22 heavy (non-hydrogen) atoms. The molecule has 0 saturated heterocycles. The van der Waals surface area contributed by atoms with Crippen LogP contribution in [0.25, 0.3) is 0 Å². The summed E-state index contributed by atoms with van der Waals surface area (Å²) < 4.78 is 0. The molecule has 1 atom stereocenters. The molecule has 0 fully saturated rings. The van der Waals surface area contributed by atoms with Crippen LogP contribution in [0.5, 0.6) is 0 Å². The molecule has 0 aliphatic rings. The highest BCUT2D eigenvalue weighted by atomic mass is 32.1. The summed E-state index contributed by atoms with van der Waals surface area (Å²) in [4.78, 5) is 24.0. The van der Waals surface area contributed by atoms with Crippen molar-refractivity contribution in [1.29, 1.82) is 0 Å². The second kappa shape index (κ2) is 7.61. The van der Waals surface area contributed by atoms with Gasteiger partial charge in [-0.15, -0.1) is 11.3 Å². The highest BCUT2D eigenvalue weighted by Gasteiger charge is 2.11. The Morgan fingerprint density at radius 3 is 2.77 bits per heavy atom. The second-order valence-electron chi connectivity index (χ2n) is 4.99.